The molecular weight excluding hydrogens is 290 g/mol. The minimum absolute atomic E-state index is 0.116. The molecule has 0 aromatic heterocycles. The number of benzene rings is 2. The maximum absolute atomic E-state index is 12.5. The molecule has 1 amide bonds. The Labute approximate surface area is 136 Å². The Morgan fingerprint density at radius 3 is 2.39 bits per heavy atom. The van der Waals surface area contributed by atoms with Crippen molar-refractivity contribution in [2.45, 2.75) is 12.3 Å². The molecule has 0 heterocycles. The first kappa shape index (κ1) is 16.5. The van der Waals surface area contributed by atoms with Gasteiger partial charge in [0.25, 0.3) is 0 Å². The molecule has 0 saturated carbocycles. The van der Waals surface area contributed by atoms with E-state index in [-0.39, 0.29) is 17.8 Å². The van der Waals surface area contributed by atoms with Crippen LogP contribution in [0.5, 0.6) is 5.75 Å². The fourth-order valence-corrected chi connectivity index (χ4v) is 2.31. The maximum Gasteiger partial charge on any atom is 0.234 e. The van der Waals surface area contributed by atoms with Crippen LogP contribution in [0.3, 0.4) is 0 Å². The molecule has 120 valence electrons. The quantitative estimate of drug-likeness (QED) is 0.655. The van der Waals surface area contributed by atoms with E-state index in [0.29, 0.717) is 6.42 Å². The smallest absolute Gasteiger partial charge is 0.234 e. The normalized spacial score (nSPS) is 12.5. The van der Waals surface area contributed by atoms with Crippen LogP contribution in [-0.2, 0) is 11.2 Å². The van der Waals surface area contributed by atoms with Gasteiger partial charge < -0.3 is 10.5 Å². The van der Waals surface area contributed by atoms with Gasteiger partial charge in [-0.2, -0.15) is 0 Å². The average Bonchev–Trinajstić information content (AvgIpc) is 2.60. The van der Waals surface area contributed by atoms with E-state index < -0.39 is 0 Å². The van der Waals surface area contributed by atoms with Crippen molar-refractivity contribution in [3.05, 3.63) is 65.7 Å². The lowest BCUT2D eigenvalue weighted by Gasteiger charge is -2.17. The standard InChI is InChI=1S/C18H21N3O2/c1-20-18(19)21-17(22)16(14-6-4-3-5-7-14)12-13-8-10-15(23-2)11-9-13/h3-11,16H,12H2,1-2H3,(H3,19,20,21,22). The van der Waals surface area contributed by atoms with Crippen molar-refractivity contribution in [3.8, 4) is 5.75 Å². The molecule has 0 spiro atoms. The van der Waals surface area contributed by atoms with Crippen molar-refractivity contribution in [2.75, 3.05) is 14.2 Å². The van der Waals surface area contributed by atoms with Gasteiger partial charge in [0, 0.05) is 7.05 Å². The molecule has 0 fully saturated rings. The molecular formula is C18H21N3O2. The summed E-state index contributed by atoms with van der Waals surface area (Å²) in [6.07, 6.45) is 0.566. The lowest BCUT2D eigenvalue weighted by atomic mass is 9.91. The Bertz CT molecular complexity index is 666. The number of carbonyl (C=O) groups is 1. The highest BCUT2D eigenvalue weighted by Gasteiger charge is 2.21. The first-order valence-corrected chi connectivity index (χ1v) is 7.35. The van der Waals surface area contributed by atoms with Crippen LogP contribution in [0.1, 0.15) is 17.0 Å². The molecule has 0 saturated heterocycles. The zero-order valence-corrected chi connectivity index (χ0v) is 13.3. The SMILES string of the molecule is CN=C(N)NC(=O)C(Cc1ccc(OC)cc1)c1ccccc1. The number of nitrogens with zero attached hydrogens (tertiary/aromatic N) is 1. The number of methoxy groups -OCH3 is 1. The van der Waals surface area contributed by atoms with E-state index in [1.807, 2.05) is 54.6 Å². The van der Waals surface area contributed by atoms with E-state index in [1.54, 1.807) is 7.11 Å². The van der Waals surface area contributed by atoms with E-state index in [4.69, 9.17) is 10.5 Å². The van der Waals surface area contributed by atoms with Crippen LogP contribution < -0.4 is 15.8 Å². The van der Waals surface area contributed by atoms with Crippen molar-refractivity contribution in [1.82, 2.24) is 5.32 Å². The third kappa shape index (κ3) is 4.57. The van der Waals surface area contributed by atoms with Gasteiger partial charge in [0.05, 0.1) is 13.0 Å². The molecule has 0 aliphatic rings. The number of aliphatic imine (C=N–C) groups is 1. The molecule has 0 radical (unpaired) electrons. The summed E-state index contributed by atoms with van der Waals surface area (Å²) in [5, 5.41) is 2.64. The molecule has 1 atom stereocenters. The van der Waals surface area contributed by atoms with Gasteiger partial charge >= 0.3 is 0 Å². The number of hydrogen-bond donors (Lipinski definition) is 2. The maximum atomic E-state index is 12.5. The number of ether oxygens (including phenoxy) is 1. The second kappa shape index (κ2) is 7.98. The average molecular weight is 311 g/mol. The second-order valence-electron chi connectivity index (χ2n) is 5.11. The predicted octanol–water partition coefficient (Wildman–Crippen LogP) is 2.08. The van der Waals surface area contributed by atoms with Gasteiger partial charge in [-0.3, -0.25) is 15.1 Å². The molecule has 0 bridgehead atoms. The van der Waals surface area contributed by atoms with Crippen LogP contribution in [0.15, 0.2) is 59.6 Å². The lowest BCUT2D eigenvalue weighted by molar-refractivity contribution is -0.121. The summed E-state index contributed by atoms with van der Waals surface area (Å²) in [5.74, 6) is 0.391. The molecule has 2 aromatic rings. The fourth-order valence-electron chi connectivity index (χ4n) is 2.31. The molecule has 23 heavy (non-hydrogen) atoms. The molecule has 2 rings (SSSR count). The van der Waals surface area contributed by atoms with Crippen LogP contribution in [0.2, 0.25) is 0 Å². The zero-order chi connectivity index (χ0) is 16.7. The Hall–Kier alpha value is -2.82. The number of nitrogens with two attached hydrogens (primary N) is 1. The van der Waals surface area contributed by atoms with Crippen LogP contribution >= 0.6 is 0 Å². The monoisotopic (exact) mass is 311 g/mol. The molecule has 3 N–H and O–H groups in total. The number of amides is 1. The Morgan fingerprint density at radius 2 is 1.83 bits per heavy atom. The first-order chi connectivity index (χ1) is 11.1. The van der Waals surface area contributed by atoms with E-state index >= 15 is 0 Å². The summed E-state index contributed by atoms with van der Waals surface area (Å²) in [4.78, 5) is 16.3. The van der Waals surface area contributed by atoms with E-state index in [0.717, 1.165) is 16.9 Å². The van der Waals surface area contributed by atoms with E-state index in [9.17, 15) is 4.79 Å². The molecule has 0 aliphatic carbocycles. The Balaban J connectivity index is 2.24. The van der Waals surface area contributed by atoms with Gasteiger partial charge in [-0.1, -0.05) is 42.5 Å². The van der Waals surface area contributed by atoms with Crippen LogP contribution in [0.25, 0.3) is 0 Å². The van der Waals surface area contributed by atoms with Crippen molar-refractivity contribution < 1.29 is 9.53 Å². The summed E-state index contributed by atoms with van der Waals surface area (Å²) in [6.45, 7) is 0. The summed E-state index contributed by atoms with van der Waals surface area (Å²) in [5.41, 5.74) is 7.60. The number of rotatable bonds is 5. The van der Waals surface area contributed by atoms with Crippen molar-refractivity contribution in [3.63, 3.8) is 0 Å². The topological polar surface area (TPSA) is 76.7 Å². The lowest BCUT2D eigenvalue weighted by Crippen LogP contribution is -2.40. The predicted molar refractivity (Wildman–Crippen MR) is 91.6 cm³/mol. The summed E-state index contributed by atoms with van der Waals surface area (Å²) in [6, 6.07) is 17.3. The number of guanidine groups is 1. The molecule has 0 aliphatic heterocycles. The van der Waals surface area contributed by atoms with Gasteiger partial charge in [0.1, 0.15) is 5.75 Å². The highest BCUT2D eigenvalue weighted by atomic mass is 16.5. The minimum atomic E-state index is -0.343. The molecule has 1 unspecified atom stereocenters. The minimum Gasteiger partial charge on any atom is -0.497 e. The van der Waals surface area contributed by atoms with Crippen LogP contribution in [0, 0.1) is 0 Å². The molecule has 2 aromatic carbocycles. The zero-order valence-electron chi connectivity index (χ0n) is 13.3. The Kier molecular flexibility index (Phi) is 5.74. The van der Waals surface area contributed by atoms with Gasteiger partial charge in [0.2, 0.25) is 5.91 Å². The largest absolute Gasteiger partial charge is 0.497 e. The summed E-state index contributed by atoms with van der Waals surface area (Å²) in [7, 11) is 3.17. The highest BCUT2D eigenvalue weighted by Crippen LogP contribution is 2.22. The molecule has 5 nitrogen and oxygen atoms in total. The summed E-state index contributed by atoms with van der Waals surface area (Å²) < 4.78 is 5.16. The molecule has 5 heteroatoms. The highest BCUT2D eigenvalue weighted by molar-refractivity contribution is 5.99. The number of nitrogens with one attached hydrogen (secondary N) is 1. The van der Waals surface area contributed by atoms with E-state index in [1.165, 1.54) is 7.05 Å². The summed E-state index contributed by atoms with van der Waals surface area (Å²) >= 11 is 0. The van der Waals surface area contributed by atoms with E-state index in [2.05, 4.69) is 10.3 Å². The van der Waals surface area contributed by atoms with Crippen LogP contribution in [-0.4, -0.2) is 26.0 Å². The van der Waals surface area contributed by atoms with Crippen molar-refractivity contribution in [1.29, 1.82) is 0 Å². The second-order valence-corrected chi connectivity index (χ2v) is 5.11. The Morgan fingerprint density at radius 1 is 1.17 bits per heavy atom. The van der Waals surface area contributed by atoms with Crippen molar-refractivity contribution >= 4 is 11.9 Å². The number of carbonyl (C=O) groups excluding carboxylic acids is 1. The van der Waals surface area contributed by atoms with Crippen molar-refractivity contribution in [2.24, 2.45) is 10.7 Å². The third-order valence-electron chi connectivity index (χ3n) is 3.61. The van der Waals surface area contributed by atoms with Crippen LogP contribution in [0.4, 0.5) is 0 Å². The van der Waals surface area contributed by atoms with Gasteiger partial charge in [0.15, 0.2) is 5.96 Å². The third-order valence-corrected chi connectivity index (χ3v) is 3.61. The first-order valence-electron chi connectivity index (χ1n) is 7.35. The van der Waals surface area contributed by atoms with Gasteiger partial charge in [-0.25, -0.2) is 0 Å². The van der Waals surface area contributed by atoms with Gasteiger partial charge in [-0.05, 0) is 29.7 Å². The van der Waals surface area contributed by atoms with Gasteiger partial charge in [-0.15, -0.1) is 0 Å². The fraction of sp³-hybridized carbons (Fsp3) is 0.222. The number of hydrogen-bond acceptors (Lipinski definition) is 3.